The van der Waals surface area contributed by atoms with Gasteiger partial charge in [0.25, 0.3) is 0 Å². The van der Waals surface area contributed by atoms with Crippen molar-refractivity contribution in [3.63, 3.8) is 0 Å². The lowest BCUT2D eigenvalue weighted by Gasteiger charge is -2.00. The van der Waals surface area contributed by atoms with Gasteiger partial charge in [-0.15, -0.1) is 11.3 Å². The quantitative estimate of drug-likeness (QED) is 0.833. The second-order valence-electron chi connectivity index (χ2n) is 4.34. The zero-order valence-electron chi connectivity index (χ0n) is 9.25. The fraction of sp³-hybridized carbons (Fsp3) is 0.385. The Morgan fingerprint density at radius 3 is 3.12 bits per heavy atom. The first kappa shape index (κ1) is 10.1. The molecule has 1 aliphatic carbocycles. The predicted molar refractivity (Wildman–Crippen MR) is 67.7 cm³/mol. The van der Waals surface area contributed by atoms with Crippen LogP contribution >= 0.6 is 11.3 Å². The first-order valence-corrected chi connectivity index (χ1v) is 6.66. The molecule has 2 aromatic heterocycles. The molecule has 1 aliphatic rings. The van der Waals surface area contributed by atoms with Crippen molar-refractivity contribution < 1.29 is 0 Å². The van der Waals surface area contributed by atoms with Crippen LogP contribution in [0.4, 0.5) is 0 Å². The van der Waals surface area contributed by atoms with Gasteiger partial charge in [-0.2, -0.15) is 0 Å². The van der Waals surface area contributed by atoms with Gasteiger partial charge in [0, 0.05) is 35.2 Å². The van der Waals surface area contributed by atoms with Crippen LogP contribution in [0.15, 0.2) is 24.5 Å². The van der Waals surface area contributed by atoms with E-state index in [0.29, 0.717) is 0 Å². The van der Waals surface area contributed by atoms with Crippen LogP contribution in [0, 0.1) is 0 Å². The van der Waals surface area contributed by atoms with Gasteiger partial charge in [-0.1, -0.05) is 0 Å². The molecule has 0 unspecified atom stereocenters. The summed E-state index contributed by atoms with van der Waals surface area (Å²) in [5, 5.41) is 3.48. The van der Waals surface area contributed by atoms with Crippen molar-refractivity contribution in [3.05, 3.63) is 45.4 Å². The van der Waals surface area contributed by atoms with Crippen molar-refractivity contribution >= 4 is 11.3 Å². The van der Waals surface area contributed by atoms with Crippen LogP contribution in [-0.4, -0.2) is 4.98 Å². The van der Waals surface area contributed by atoms with Crippen LogP contribution in [0.2, 0.25) is 0 Å². The number of rotatable bonds is 4. The lowest BCUT2D eigenvalue weighted by molar-refractivity contribution is 0.701. The number of fused-ring (bicyclic) bond motifs is 1. The smallest absolute Gasteiger partial charge is 0.0303 e. The Labute approximate surface area is 99.7 Å². The zero-order valence-corrected chi connectivity index (χ0v) is 10.1. The molecule has 0 atom stereocenters. The topological polar surface area (TPSA) is 27.8 Å². The molecular weight excluding hydrogens is 216 g/mol. The molecule has 0 aliphatic heterocycles. The maximum atomic E-state index is 3.48. The third-order valence-corrected chi connectivity index (χ3v) is 4.33. The molecule has 84 valence electrons. The van der Waals surface area contributed by atoms with Crippen molar-refractivity contribution in [1.29, 1.82) is 0 Å². The Bertz CT molecular complexity index is 435. The minimum Gasteiger partial charge on any atom is -0.367 e. The predicted octanol–water partition coefficient (Wildman–Crippen LogP) is 2.85. The van der Waals surface area contributed by atoms with Crippen molar-refractivity contribution in [2.24, 2.45) is 0 Å². The highest BCUT2D eigenvalue weighted by Gasteiger charge is 2.14. The van der Waals surface area contributed by atoms with Gasteiger partial charge >= 0.3 is 0 Å². The van der Waals surface area contributed by atoms with E-state index in [2.05, 4.69) is 22.4 Å². The third-order valence-electron chi connectivity index (χ3n) is 3.09. The van der Waals surface area contributed by atoms with Gasteiger partial charge in [0.1, 0.15) is 0 Å². The number of nitrogens with one attached hydrogen (secondary N) is 2. The summed E-state index contributed by atoms with van der Waals surface area (Å²) in [6.45, 7) is 1.95. The van der Waals surface area contributed by atoms with Crippen LogP contribution < -0.4 is 5.32 Å². The van der Waals surface area contributed by atoms with E-state index >= 15 is 0 Å². The first-order valence-electron chi connectivity index (χ1n) is 5.84. The number of H-pyrrole nitrogens is 1. The summed E-state index contributed by atoms with van der Waals surface area (Å²) in [5.74, 6) is 0. The maximum absolute atomic E-state index is 3.48. The van der Waals surface area contributed by atoms with E-state index < -0.39 is 0 Å². The number of thiophene rings is 1. The van der Waals surface area contributed by atoms with Gasteiger partial charge in [-0.25, -0.2) is 0 Å². The van der Waals surface area contributed by atoms with Crippen molar-refractivity contribution in [3.8, 4) is 0 Å². The summed E-state index contributed by atoms with van der Waals surface area (Å²) in [7, 11) is 0. The summed E-state index contributed by atoms with van der Waals surface area (Å²) in [4.78, 5) is 6.18. The Hall–Kier alpha value is -1.06. The molecule has 0 saturated carbocycles. The highest BCUT2D eigenvalue weighted by molar-refractivity contribution is 7.12. The molecule has 3 heteroatoms. The molecule has 2 heterocycles. The number of hydrogen-bond donors (Lipinski definition) is 2. The summed E-state index contributed by atoms with van der Waals surface area (Å²) in [6, 6.07) is 4.50. The van der Waals surface area contributed by atoms with Crippen LogP contribution in [0.25, 0.3) is 0 Å². The van der Waals surface area contributed by atoms with Crippen LogP contribution in [0.1, 0.15) is 27.3 Å². The van der Waals surface area contributed by atoms with Gasteiger partial charge in [-0.3, -0.25) is 0 Å². The van der Waals surface area contributed by atoms with E-state index in [9.17, 15) is 0 Å². The summed E-state index contributed by atoms with van der Waals surface area (Å²) < 4.78 is 0. The standard InChI is InChI=1S/C13H16N2S/c1-2-11-6-12(16-13(11)3-1)9-15-8-10-4-5-14-7-10/h4-7,14-15H,1-3,8-9H2. The van der Waals surface area contributed by atoms with Crippen LogP contribution in [0.3, 0.4) is 0 Å². The molecule has 0 amide bonds. The summed E-state index contributed by atoms with van der Waals surface area (Å²) in [6.07, 6.45) is 7.97. The number of aryl methyl sites for hydroxylation is 2. The van der Waals surface area contributed by atoms with Crippen molar-refractivity contribution in [2.45, 2.75) is 32.4 Å². The minimum atomic E-state index is 0.950. The lowest BCUT2D eigenvalue weighted by Crippen LogP contribution is -2.11. The summed E-state index contributed by atoms with van der Waals surface area (Å²) >= 11 is 1.99. The van der Waals surface area contributed by atoms with Crippen LogP contribution in [0.5, 0.6) is 0 Å². The molecule has 0 aromatic carbocycles. The lowest BCUT2D eigenvalue weighted by atomic mass is 10.2. The molecule has 2 nitrogen and oxygen atoms in total. The molecule has 2 N–H and O–H groups in total. The van der Waals surface area contributed by atoms with E-state index in [0.717, 1.165) is 13.1 Å². The number of hydrogen-bond acceptors (Lipinski definition) is 2. The molecule has 0 radical (unpaired) electrons. The fourth-order valence-corrected chi connectivity index (χ4v) is 3.51. The average molecular weight is 232 g/mol. The molecule has 0 saturated heterocycles. The molecule has 16 heavy (non-hydrogen) atoms. The molecular formula is C13H16N2S. The van der Waals surface area contributed by atoms with E-state index in [1.54, 1.807) is 10.4 Å². The average Bonchev–Trinajstić information content (AvgIpc) is 2.91. The second kappa shape index (κ2) is 4.44. The Balaban J connectivity index is 1.54. The first-order chi connectivity index (χ1) is 7.92. The normalized spacial score (nSPS) is 14.2. The minimum absolute atomic E-state index is 0.950. The van der Waals surface area contributed by atoms with Gasteiger partial charge in [0.15, 0.2) is 0 Å². The van der Waals surface area contributed by atoms with E-state index in [1.165, 1.54) is 29.7 Å². The molecule has 2 aromatic rings. The Morgan fingerprint density at radius 1 is 1.31 bits per heavy atom. The SMILES string of the molecule is c1cc(CNCc2cc3c(s2)CCC3)c[nH]1. The monoisotopic (exact) mass is 232 g/mol. The zero-order chi connectivity index (χ0) is 10.8. The van der Waals surface area contributed by atoms with Gasteiger partial charge < -0.3 is 10.3 Å². The number of aromatic nitrogens is 1. The highest BCUT2D eigenvalue weighted by Crippen LogP contribution is 2.30. The van der Waals surface area contributed by atoms with Crippen molar-refractivity contribution in [1.82, 2.24) is 10.3 Å². The number of aromatic amines is 1. The van der Waals surface area contributed by atoms with Crippen molar-refractivity contribution in [2.75, 3.05) is 0 Å². The maximum Gasteiger partial charge on any atom is 0.0303 e. The van der Waals surface area contributed by atoms with Gasteiger partial charge in [0.2, 0.25) is 0 Å². The largest absolute Gasteiger partial charge is 0.367 e. The third kappa shape index (κ3) is 2.06. The second-order valence-corrected chi connectivity index (χ2v) is 5.56. The fourth-order valence-electron chi connectivity index (χ4n) is 2.28. The summed E-state index contributed by atoms with van der Waals surface area (Å²) in [5.41, 5.74) is 2.92. The van der Waals surface area contributed by atoms with E-state index in [4.69, 9.17) is 0 Å². The van der Waals surface area contributed by atoms with Gasteiger partial charge in [0.05, 0.1) is 0 Å². The molecule has 3 rings (SSSR count). The Morgan fingerprint density at radius 2 is 2.31 bits per heavy atom. The van der Waals surface area contributed by atoms with E-state index in [-0.39, 0.29) is 0 Å². The van der Waals surface area contributed by atoms with Gasteiger partial charge in [-0.05, 0) is 42.5 Å². The highest BCUT2D eigenvalue weighted by atomic mass is 32.1. The molecule has 0 bridgehead atoms. The molecule has 0 fully saturated rings. The molecule has 0 spiro atoms. The van der Waals surface area contributed by atoms with E-state index in [1.807, 2.05) is 23.7 Å². The Kier molecular flexibility index (Phi) is 2.80. The van der Waals surface area contributed by atoms with Crippen LogP contribution in [-0.2, 0) is 25.9 Å².